The summed E-state index contributed by atoms with van der Waals surface area (Å²) in [5, 5.41) is 0. The van der Waals surface area contributed by atoms with Gasteiger partial charge in [-0.15, -0.1) is 11.3 Å². The largest absolute Gasteiger partial charge is 0.461 e. The van der Waals surface area contributed by atoms with Gasteiger partial charge in [-0.2, -0.15) is 0 Å². The van der Waals surface area contributed by atoms with Gasteiger partial charge < -0.3 is 14.5 Å². The van der Waals surface area contributed by atoms with E-state index in [2.05, 4.69) is 48.9 Å². The Morgan fingerprint density at radius 2 is 1.86 bits per heavy atom. The first kappa shape index (κ1) is 19.7. The Morgan fingerprint density at radius 1 is 1.18 bits per heavy atom. The summed E-state index contributed by atoms with van der Waals surface area (Å²) in [6.45, 7) is 15.3. The number of imidazole rings is 1. The molecule has 4 rings (SSSR count). The predicted octanol–water partition coefficient (Wildman–Crippen LogP) is 3.57. The third-order valence-corrected chi connectivity index (χ3v) is 7.45. The van der Waals surface area contributed by atoms with Gasteiger partial charge in [-0.3, -0.25) is 4.40 Å². The number of thiazole rings is 1. The number of fused-ring (bicyclic) bond motifs is 3. The van der Waals surface area contributed by atoms with Crippen LogP contribution in [0.25, 0.3) is 4.96 Å². The number of aromatic nitrogens is 2. The number of esters is 1. The Morgan fingerprint density at radius 3 is 2.50 bits per heavy atom. The van der Waals surface area contributed by atoms with Crippen LogP contribution in [0.5, 0.6) is 0 Å². The van der Waals surface area contributed by atoms with Gasteiger partial charge in [-0.25, -0.2) is 9.78 Å². The molecule has 0 radical (unpaired) electrons. The highest BCUT2D eigenvalue weighted by molar-refractivity contribution is 7.17. The van der Waals surface area contributed by atoms with Crippen molar-refractivity contribution in [3.63, 3.8) is 0 Å². The van der Waals surface area contributed by atoms with Crippen molar-refractivity contribution in [3.05, 3.63) is 16.3 Å². The molecule has 1 aliphatic heterocycles. The standard InChI is InChI=1S/C21H32N4O2S/c1-7-27-18(26)15-17(24-10-8-23(6)9-11-24)25-14-12-20(2,3)13-21(4,5)16(14)28-19(25)22-15/h7-13H2,1-6H3. The molecule has 1 aliphatic carbocycles. The number of carbonyl (C=O) groups is 1. The number of carbonyl (C=O) groups excluding carboxylic acids is 1. The topological polar surface area (TPSA) is 50.1 Å². The van der Waals surface area contributed by atoms with Crippen LogP contribution in [0, 0.1) is 5.41 Å². The lowest BCUT2D eigenvalue weighted by Gasteiger charge is -2.40. The molecule has 0 unspecified atom stereocenters. The molecule has 6 nitrogen and oxygen atoms in total. The maximum atomic E-state index is 12.7. The van der Waals surface area contributed by atoms with E-state index in [-0.39, 0.29) is 16.8 Å². The molecule has 2 aromatic heterocycles. The van der Waals surface area contributed by atoms with Gasteiger partial charge in [0.1, 0.15) is 5.82 Å². The van der Waals surface area contributed by atoms with E-state index >= 15 is 0 Å². The number of hydrogen-bond donors (Lipinski definition) is 0. The first-order valence-corrected chi connectivity index (χ1v) is 11.1. The second-order valence-electron chi connectivity index (χ2n) is 9.69. The van der Waals surface area contributed by atoms with E-state index in [1.54, 1.807) is 11.3 Å². The summed E-state index contributed by atoms with van der Waals surface area (Å²) >= 11 is 1.75. The predicted molar refractivity (Wildman–Crippen MR) is 114 cm³/mol. The van der Waals surface area contributed by atoms with Crippen molar-refractivity contribution >= 4 is 28.1 Å². The van der Waals surface area contributed by atoms with Gasteiger partial charge in [0, 0.05) is 42.2 Å². The zero-order valence-electron chi connectivity index (χ0n) is 18.0. The number of rotatable bonds is 3. The molecule has 0 atom stereocenters. The summed E-state index contributed by atoms with van der Waals surface area (Å²) in [6, 6.07) is 0. The SMILES string of the molecule is CCOC(=O)c1nc2sc3c(n2c1N1CCN(C)CC1)CC(C)(C)CC3(C)C. The Hall–Kier alpha value is -1.60. The summed E-state index contributed by atoms with van der Waals surface area (Å²) in [7, 11) is 2.15. The lowest BCUT2D eigenvalue weighted by molar-refractivity contribution is 0.0521. The van der Waals surface area contributed by atoms with Crippen molar-refractivity contribution in [2.45, 2.75) is 52.9 Å². The van der Waals surface area contributed by atoms with E-state index in [0.29, 0.717) is 12.3 Å². The zero-order valence-corrected chi connectivity index (χ0v) is 18.8. The molecule has 1 saturated heterocycles. The maximum Gasteiger partial charge on any atom is 0.360 e. The quantitative estimate of drug-likeness (QED) is 0.732. The average Bonchev–Trinajstić information content (AvgIpc) is 3.12. The summed E-state index contributed by atoms with van der Waals surface area (Å²) in [4.78, 5) is 24.5. The van der Waals surface area contributed by atoms with Crippen LogP contribution >= 0.6 is 11.3 Å². The maximum absolute atomic E-state index is 12.7. The smallest absolute Gasteiger partial charge is 0.360 e. The van der Waals surface area contributed by atoms with Gasteiger partial charge in [0.05, 0.1) is 6.61 Å². The number of ether oxygens (including phenoxy) is 1. The molecule has 3 heterocycles. The van der Waals surface area contributed by atoms with Gasteiger partial charge in [0.2, 0.25) is 0 Å². The molecule has 0 aromatic carbocycles. The summed E-state index contributed by atoms with van der Waals surface area (Å²) in [5.74, 6) is 0.628. The van der Waals surface area contributed by atoms with Gasteiger partial charge >= 0.3 is 5.97 Å². The number of nitrogens with zero attached hydrogens (tertiary/aromatic N) is 4. The summed E-state index contributed by atoms with van der Waals surface area (Å²) < 4.78 is 7.64. The number of hydrogen-bond acceptors (Lipinski definition) is 6. The molecule has 0 bridgehead atoms. The molecule has 2 aromatic rings. The van der Waals surface area contributed by atoms with Crippen LogP contribution in [0.4, 0.5) is 5.82 Å². The molecule has 28 heavy (non-hydrogen) atoms. The third kappa shape index (κ3) is 3.22. The Balaban J connectivity index is 1.91. The fourth-order valence-corrected chi connectivity index (χ4v) is 6.32. The van der Waals surface area contributed by atoms with Crippen molar-refractivity contribution < 1.29 is 9.53 Å². The molecular formula is C21H32N4O2S. The van der Waals surface area contributed by atoms with Crippen LogP contribution < -0.4 is 4.90 Å². The molecule has 7 heteroatoms. The first-order chi connectivity index (χ1) is 13.1. The number of likely N-dealkylation sites (N-methyl/N-ethyl adjacent to an activating group) is 1. The van der Waals surface area contributed by atoms with E-state index in [1.807, 2.05) is 6.92 Å². The van der Waals surface area contributed by atoms with E-state index in [1.165, 1.54) is 10.6 Å². The van der Waals surface area contributed by atoms with Crippen molar-refractivity contribution in [1.29, 1.82) is 0 Å². The summed E-state index contributed by atoms with van der Waals surface area (Å²) in [5.41, 5.74) is 2.14. The average molecular weight is 405 g/mol. The van der Waals surface area contributed by atoms with Crippen molar-refractivity contribution in [2.75, 3.05) is 44.7 Å². The lowest BCUT2D eigenvalue weighted by atomic mass is 9.67. The summed E-state index contributed by atoms with van der Waals surface area (Å²) in [6.07, 6.45) is 2.16. The van der Waals surface area contributed by atoms with Crippen LogP contribution in [0.1, 0.15) is 62.1 Å². The molecule has 0 N–H and O–H groups in total. The number of piperazine rings is 1. The molecule has 1 fully saturated rings. The van der Waals surface area contributed by atoms with E-state index in [4.69, 9.17) is 9.72 Å². The Kier molecular flexibility index (Phi) is 4.74. The zero-order chi connectivity index (χ0) is 20.3. The van der Waals surface area contributed by atoms with Crippen LogP contribution in [0.2, 0.25) is 0 Å². The second-order valence-corrected chi connectivity index (χ2v) is 10.7. The molecular weight excluding hydrogens is 372 g/mol. The highest BCUT2D eigenvalue weighted by Crippen LogP contribution is 2.50. The van der Waals surface area contributed by atoms with E-state index < -0.39 is 0 Å². The second kappa shape index (κ2) is 6.73. The van der Waals surface area contributed by atoms with Crippen LogP contribution in [-0.4, -0.2) is 60.1 Å². The highest BCUT2D eigenvalue weighted by Gasteiger charge is 2.42. The minimum Gasteiger partial charge on any atom is -0.461 e. The van der Waals surface area contributed by atoms with E-state index in [0.717, 1.165) is 49.8 Å². The molecule has 2 aliphatic rings. The normalized spacial score (nSPS) is 21.7. The third-order valence-electron chi connectivity index (χ3n) is 6.00. The Bertz CT molecular complexity index is 903. The van der Waals surface area contributed by atoms with Gasteiger partial charge in [-0.05, 0) is 32.2 Å². The van der Waals surface area contributed by atoms with E-state index in [9.17, 15) is 4.79 Å². The van der Waals surface area contributed by atoms with Gasteiger partial charge in [0.15, 0.2) is 10.7 Å². The molecule has 0 saturated carbocycles. The van der Waals surface area contributed by atoms with Gasteiger partial charge in [-0.1, -0.05) is 27.7 Å². The fourth-order valence-electron chi connectivity index (χ4n) is 5.08. The van der Waals surface area contributed by atoms with Crippen LogP contribution in [0.3, 0.4) is 0 Å². The Labute approximate surface area is 171 Å². The van der Waals surface area contributed by atoms with Gasteiger partial charge in [0.25, 0.3) is 0 Å². The minimum atomic E-state index is -0.310. The van der Waals surface area contributed by atoms with Crippen molar-refractivity contribution in [3.8, 4) is 0 Å². The molecule has 0 amide bonds. The molecule has 154 valence electrons. The van der Waals surface area contributed by atoms with Crippen molar-refractivity contribution in [1.82, 2.24) is 14.3 Å². The first-order valence-electron chi connectivity index (χ1n) is 10.3. The lowest BCUT2D eigenvalue weighted by Crippen LogP contribution is -2.45. The highest BCUT2D eigenvalue weighted by atomic mass is 32.1. The van der Waals surface area contributed by atoms with Crippen molar-refractivity contribution in [2.24, 2.45) is 5.41 Å². The number of anilines is 1. The minimum absolute atomic E-state index is 0.117. The van der Waals surface area contributed by atoms with Crippen LogP contribution in [0.15, 0.2) is 0 Å². The van der Waals surface area contributed by atoms with Crippen LogP contribution in [-0.2, 0) is 16.6 Å². The fraction of sp³-hybridized carbons (Fsp3) is 0.714. The molecule has 0 spiro atoms. The monoisotopic (exact) mass is 404 g/mol.